The third kappa shape index (κ3) is 5.14. The van der Waals surface area contributed by atoms with Crippen molar-refractivity contribution in [3.05, 3.63) is 30.1 Å². The Morgan fingerprint density at radius 3 is 2.94 bits per heavy atom. The number of likely N-dealkylation sites (N-methyl/N-ethyl adjacent to an activating group) is 1. The molecule has 1 rings (SSSR count). The van der Waals surface area contributed by atoms with Crippen LogP contribution in [0.15, 0.2) is 24.3 Å². The number of hydrogen-bond acceptors (Lipinski definition) is 3. The SMILES string of the molecule is CN(CCOc1cccc(F)c1)C(=O)CCCN. The summed E-state index contributed by atoms with van der Waals surface area (Å²) in [7, 11) is 1.72. The Hall–Kier alpha value is -1.62. The van der Waals surface area contributed by atoms with E-state index in [4.69, 9.17) is 10.5 Å². The average Bonchev–Trinajstić information content (AvgIpc) is 2.35. The van der Waals surface area contributed by atoms with E-state index in [1.165, 1.54) is 12.1 Å². The Morgan fingerprint density at radius 2 is 2.28 bits per heavy atom. The van der Waals surface area contributed by atoms with E-state index in [9.17, 15) is 9.18 Å². The molecule has 1 aromatic carbocycles. The third-order valence-corrected chi connectivity index (χ3v) is 2.51. The average molecular weight is 254 g/mol. The molecule has 0 atom stereocenters. The van der Waals surface area contributed by atoms with Crippen LogP contribution in [0.1, 0.15) is 12.8 Å². The standard InChI is InChI=1S/C13H19FN2O2/c1-16(13(17)6-3-7-15)8-9-18-12-5-2-4-11(14)10-12/h2,4-5,10H,3,6-9,15H2,1H3. The predicted octanol–water partition coefficient (Wildman–Crippen LogP) is 1.40. The van der Waals surface area contributed by atoms with Crippen molar-refractivity contribution in [2.24, 2.45) is 5.73 Å². The summed E-state index contributed by atoms with van der Waals surface area (Å²) in [4.78, 5) is 13.1. The van der Waals surface area contributed by atoms with Crippen LogP contribution in [0.5, 0.6) is 5.75 Å². The lowest BCUT2D eigenvalue weighted by molar-refractivity contribution is -0.130. The molecule has 5 heteroatoms. The number of hydrogen-bond donors (Lipinski definition) is 1. The highest BCUT2D eigenvalue weighted by Gasteiger charge is 2.07. The van der Waals surface area contributed by atoms with Gasteiger partial charge in [0.15, 0.2) is 0 Å². The molecule has 0 fully saturated rings. The highest BCUT2D eigenvalue weighted by molar-refractivity contribution is 5.75. The second kappa shape index (κ2) is 7.66. The van der Waals surface area contributed by atoms with Crippen LogP contribution in [-0.4, -0.2) is 37.6 Å². The summed E-state index contributed by atoms with van der Waals surface area (Å²) in [6.45, 7) is 1.33. The molecule has 1 amide bonds. The van der Waals surface area contributed by atoms with E-state index in [1.54, 1.807) is 24.1 Å². The summed E-state index contributed by atoms with van der Waals surface area (Å²) in [6, 6.07) is 5.94. The van der Waals surface area contributed by atoms with Gasteiger partial charge in [0.25, 0.3) is 0 Å². The summed E-state index contributed by atoms with van der Waals surface area (Å²) in [5.74, 6) is 0.181. The van der Waals surface area contributed by atoms with Crippen molar-refractivity contribution in [1.29, 1.82) is 0 Å². The summed E-state index contributed by atoms with van der Waals surface area (Å²) >= 11 is 0. The minimum Gasteiger partial charge on any atom is -0.492 e. The molecule has 100 valence electrons. The van der Waals surface area contributed by atoms with Crippen molar-refractivity contribution in [1.82, 2.24) is 4.90 Å². The van der Waals surface area contributed by atoms with Gasteiger partial charge in [0.2, 0.25) is 5.91 Å². The van der Waals surface area contributed by atoms with Gasteiger partial charge < -0.3 is 15.4 Å². The molecule has 1 aromatic rings. The predicted molar refractivity (Wildman–Crippen MR) is 67.8 cm³/mol. The van der Waals surface area contributed by atoms with E-state index >= 15 is 0 Å². The molecule has 0 heterocycles. The van der Waals surface area contributed by atoms with Gasteiger partial charge in [0.1, 0.15) is 18.2 Å². The second-order valence-corrected chi connectivity index (χ2v) is 4.01. The largest absolute Gasteiger partial charge is 0.492 e. The van der Waals surface area contributed by atoms with E-state index < -0.39 is 0 Å². The zero-order chi connectivity index (χ0) is 13.4. The van der Waals surface area contributed by atoms with Gasteiger partial charge in [-0.3, -0.25) is 4.79 Å². The maximum absolute atomic E-state index is 12.9. The van der Waals surface area contributed by atoms with Gasteiger partial charge in [-0.15, -0.1) is 0 Å². The first-order chi connectivity index (χ1) is 8.63. The molecule has 0 spiro atoms. The van der Waals surface area contributed by atoms with Gasteiger partial charge >= 0.3 is 0 Å². The Bertz CT molecular complexity index is 385. The molecule has 18 heavy (non-hydrogen) atoms. The van der Waals surface area contributed by atoms with Crippen LogP contribution < -0.4 is 10.5 Å². The molecule has 0 aliphatic rings. The first kappa shape index (κ1) is 14.4. The van der Waals surface area contributed by atoms with Crippen LogP contribution >= 0.6 is 0 Å². The smallest absolute Gasteiger partial charge is 0.222 e. The molecular weight excluding hydrogens is 235 g/mol. The molecule has 0 aliphatic heterocycles. The van der Waals surface area contributed by atoms with E-state index in [2.05, 4.69) is 0 Å². The van der Waals surface area contributed by atoms with Crippen molar-refractivity contribution < 1.29 is 13.9 Å². The van der Waals surface area contributed by atoms with E-state index in [1.807, 2.05) is 0 Å². The minimum absolute atomic E-state index is 0.0447. The summed E-state index contributed by atoms with van der Waals surface area (Å²) < 4.78 is 18.2. The number of amides is 1. The Balaban J connectivity index is 2.26. The summed E-state index contributed by atoms with van der Waals surface area (Å²) in [5, 5.41) is 0. The number of ether oxygens (including phenoxy) is 1. The maximum Gasteiger partial charge on any atom is 0.222 e. The number of carbonyl (C=O) groups excluding carboxylic acids is 1. The highest BCUT2D eigenvalue weighted by Crippen LogP contribution is 2.11. The number of nitrogens with zero attached hydrogens (tertiary/aromatic N) is 1. The number of benzene rings is 1. The molecule has 0 aromatic heterocycles. The number of nitrogens with two attached hydrogens (primary N) is 1. The fourth-order valence-electron chi connectivity index (χ4n) is 1.43. The number of rotatable bonds is 7. The fourth-order valence-corrected chi connectivity index (χ4v) is 1.43. The number of carbonyl (C=O) groups is 1. The lowest BCUT2D eigenvalue weighted by Crippen LogP contribution is -2.31. The molecule has 0 aliphatic carbocycles. The highest BCUT2D eigenvalue weighted by atomic mass is 19.1. The quantitative estimate of drug-likeness (QED) is 0.800. The van der Waals surface area contributed by atoms with Crippen molar-refractivity contribution >= 4 is 5.91 Å². The van der Waals surface area contributed by atoms with Crippen molar-refractivity contribution in [2.45, 2.75) is 12.8 Å². The van der Waals surface area contributed by atoms with Crippen LogP contribution in [0.25, 0.3) is 0 Å². The first-order valence-electron chi connectivity index (χ1n) is 5.96. The normalized spacial score (nSPS) is 10.2. The van der Waals surface area contributed by atoms with Crippen molar-refractivity contribution in [3.8, 4) is 5.75 Å². The molecule has 0 unspecified atom stereocenters. The van der Waals surface area contributed by atoms with Gasteiger partial charge in [0, 0.05) is 19.5 Å². The van der Waals surface area contributed by atoms with Crippen LogP contribution in [0.2, 0.25) is 0 Å². The van der Waals surface area contributed by atoms with Gasteiger partial charge in [0.05, 0.1) is 6.54 Å². The molecule has 0 saturated carbocycles. The zero-order valence-corrected chi connectivity index (χ0v) is 10.6. The fraction of sp³-hybridized carbons (Fsp3) is 0.462. The van der Waals surface area contributed by atoms with Crippen LogP contribution in [0, 0.1) is 5.82 Å². The molecular formula is C13H19FN2O2. The van der Waals surface area contributed by atoms with Gasteiger partial charge in [-0.25, -0.2) is 4.39 Å². The van der Waals surface area contributed by atoms with Gasteiger partial charge in [-0.1, -0.05) is 6.07 Å². The monoisotopic (exact) mass is 254 g/mol. The van der Waals surface area contributed by atoms with E-state index in [0.29, 0.717) is 38.3 Å². The molecule has 2 N–H and O–H groups in total. The molecule has 0 bridgehead atoms. The maximum atomic E-state index is 12.9. The van der Waals surface area contributed by atoms with Crippen molar-refractivity contribution in [3.63, 3.8) is 0 Å². The summed E-state index contributed by atoms with van der Waals surface area (Å²) in [6.07, 6.45) is 1.14. The molecule has 4 nitrogen and oxygen atoms in total. The van der Waals surface area contributed by atoms with Crippen LogP contribution in [0.3, 0.4) is 0 Å². The van der Waals surface area contributed by atoms with Crippen LogP contribution in [0.4, 0.5) is 4.39 Å². The number of halogens is 1. The van der Waals surface area contributed by atoms with Gasteiger partial charge in [-0.05, 0) is 25.1 Å². The summed E-state index contributed by atoms with van der Waals surface area (Å²) in [5.41, 5.74) is 5.34. The Morgan fingerprint density at radius 1 is 1.50 bits per heavy atom. The van der Waals surface area contributed by atoms with Crippen LogP contribution in [-0.2, 0) is 4.79 Å². The lowest BCUT2D eigenvalue weighted by Gasteiger charge is -2.17. The van der Waals surface area contributed by atoms with E-state index in [0.717, 1.165) is 0 Å². The lowest BCUT2D eigenvalue weighted by atomic mass is 10.3. The minimum atomic E-state index is -0.333. The third-order valence-electron chi connectivity index (χ3n) is 2.51. The topological polar surface area (TPSA) is 55.6 Å². The Labute approximate surface area is 107 Å². The van der Waals surface area contributed by atoms with E-state index in [-0.39, 0.29) is 11.7 Å². The van der Waals surface area contributed by atoms with Gasteiger partial charge in [-0.2, -0.15) is 0 Å². The van der Waals surface area contributed by atoms with Crippen molar-refractivity contribution in [2.75, 3.05) is 26.7 Å². The zero-order valence-electron chi connectivity index (χ0n) is 10.6. The molecule has 0 saturated heterocycles. The first-order valence-corrected chi connectivity index (χ1v) is 5.96. The second-order valence-electron chi connectivity index (χ2n) is 4.01. The Kier molecular flexibility index (Phi) is 6.14. The molecule has 0 radical (unpaired) electrons.